The van der Waals surface area contributed by atoms with E-state index in [1.807, 2.05) is 3.28 Å². The normalized spacial score (nSPS) is 16.1. The first kappa shape index (κ1) is 27.3. The Labute approximate surface area is 248 Å². The van der Waals surface area contributed by atoms with Crippen LogP contribution in [0.1, 0.15) is 77.0 Å². The van der Waals surface area contributed by atoms with Gasteiger partial charge < -0.3 is 0 Å². The summed E-state index contributed by atoms with van der Waals surface area (Å²) in [7, 11) is 0. The van der Waals surface area contributed by atoms with Gasteiger partial charge in [-0.05, 0) is 0 Å². The van der Waals surface area contributed by atoms with Gasteiger partial charge in [0.05, 0.1) is 0 Å². The van der Waals surface area contributed by atoms with E-state index >= 15 is 0 Å². The summed E-state index contributed by atoms with van der Waals surface area (Å²) < 4.78 is 3.96. The maximum atomic E-state index is 2.66. The molecule has 0 N–H and O–H groups in total. The van der Waals surface area contributed by atoms with Gasteiger partial charge in [-0.3, -0.25) is 0 Å². The first-order valence-electron chi connectivity index (χ1n) is 15.1. The van der Waals surface area contributed by atoms with Crippen LogP contribution in [-0.4, -0.2) is 3.21 Å². The van der Waals surface area contributed by atoms with E-state index in [1.54, 1.807) is 25.5 Å². The van der Waals surface area contributed by atoms with Crippen molar-refractivity contribution in [2.75, 3.05) is 0 Å². The Morgan fingerprint density at radius 1 is 0.650 bits per heavy atom. The third-order valence-corrected chi connectivity index (χ3v) is 17.7. The Kier molecular flexibility index (Phi) is 7.87. The van der Waals surface area contributed by atoms with Crippen LogP contribution in [0.25, 0.3) is 11.1 Å². The van der Waals surface area contributed by atoms with E-state index in [0.717, 1.165) is 12.8 Å². The summed E-state index contributed by atoms with van der Waals surface area (Å²) in [6.45, 7) is 11.7. The molecule has 0 bridgehead atoms. The molecule has 4 aromatic carbocycles. The third kappa shape index (κ3) is 4.71. The molecular formula is C39H40Zr. The van der Waals surface area contributed by atoms with E-state index in [2.05, 4.69) is 138 Å². The Balaban J connectivity index is 1.80. The van der Waals surface area contributed by atoms with Crippen LogP contribution in [0.3, 0.4) is 0 Å². The molecule has 0 amide bonds. The maximum absolute atomic E-state index is 2.76. The van der Waals surface area contributed by atoms with Crippen LogP contribution >= 0.6 is 0 Å². The van der Waals surface area contributed by atoms with Crippen molar-refractivity contribution < 1.29 is 21.3 Å². The van der Waals surface area contributed by atoms with Crippen LogP contribution in [0.5, 0.6) is 0 Å². The molecule has 6 rings (SSSR count). The fourth-order valence-corrected chi connectivity index (χ4v) is 17.7. The van der Waals surface area contributed by atoms with E-state index in [1.165, 1.54) is 39.8 Å². The molecular weight excluding hydrogens is 560 g/mol. The molecule has 0 nitrogen and oxygen atoms in total. The number of allylic oxidation sites excluding steroid dienone is 4. The van der Waals surface area contributed by atoms with Gasteiger partial charge in [0.25, 0.3) is 0 Å². The number of rotatable bonds is 7. The molecule has 0 fully saturated rings. The van der Waals surface area contributed by atoms with Crippen molar-refractivity contribution in [3.05, 3.63) is 151 Å². The standard InChI is InChI=1S/C15H13.C13H10.C11H17.Zr/c1-10-3-5-14-12(7-10)9-13-8-11(2)4-6-15(13)14;1-3-7-12(8-4-1)11-13-9-5-2-6-10-13;1-4-9-7-10(5-2)11(6-3)8-9;/h3-9H,1-2H3;1-10H;7,9H,4-6H2,1-3H3;. The van der Waals surface area contributed by atoms with Crippen molar-refractivity contribution in [1.82, 2.24) is 0 Å². The molecule has 0 saturated heterocycles. The molecule has 0 aliphatic heterocycles. The third-order valence-electron chi connectivity index (χ3n) is 8.96. The number of aryl methyl sites for hydroxylation is 2. The fraction of sp³-hybridized carbons (Fsp3) is 0.256. The van der Waals surface area contributed by atoms with E-state index in [-0.39, 0.29) is 0 Å². The Bertz CT molecular complexity index is 1560. The predicted molar refractivity (Wildman–Crippen MR) is 169 cm³/mol. The van der Waals surface area contributed by atoms with Gasteiger partial charge in [-0.1, -0.05) is 0 Å². The number of fused-ring (bicyclic) bond motifs is 3. The molecule has 0 spiro atoms. The zero-order chi connectivity index (χ0) is 27.8. The van der Waals surface area contributed by atoms with Gasteiger partial charge >= 0.3 is 250 Å². The van der Waals surface area contributed by atoms with Crippen molar-refractivity contribution in [1.29, 1.82) is 0 Å². The quantitative estimate of drug-likeness (QED) is 0.198. The van der Waals surface area contributed by atoms with Crippen molar-refractivity contribution in [3.63, 3.8) is 0 Å². The average Bonchev–Trinajstić information content (AvgIpc) is 3.50. The van der Waals surface area contributed by atoms with Gasteiger partial charge in [-0.2, -0.15) is 0 Å². The first-order chi connectivity index (χ1) is 19.5. The molecule has 4 aromatic rings. The summed E-state index contributed by atoms with van der Waals surface area (Å²) in [5.74, 6) is 0.545. The second-order valence-corrected chi connectivity index (χ2v) is 17.4. The average molecular weight is 600 g/mol. The molecule has 2 aliphatic carbocycles. The summed E-state index contributed by atoms with van der Waals surface area (Å²) in [5.41, 5.74) is 14.9. The molecule has 1 heteroatoms. The zero-order valence-corrected chi connectivity index (χ0v) is 27.0. The van der Waals surface area contributed by atoms with E-state index in [0.29, 0.717) is 9.54 Å². The molecule has 40 heavy (non-hydrogen) atoms. The number of benzene rings is 4. The molecule has 0 heterocycles. The van der Waals surface area contributed by atoms with Gasteiger partial charge in [0.1, 0.15) is 0 Å². The summed E-state index contributed by atoms with van der Waals surface area (Å²) in [5, 5.41) is 0. The van der Waals surface area contributed by atoms with E-state index < -0.39 is 21.3 Å². The van der Waals surface area contributed by atoms with Gasteiger partial charge in [-0.25, -0.2) is 0 Å². The molecule has 1 atom stereocenters. The Morgan fingerprint density at radius 3 is 1.62 bits per heavy atom. The second-order valence-electron chi connectivity index (χ2n) is 11.4. The van der Waals surface area contributed by atoms with E-state index in [4.69, 9.17) is 0 Å². The van der Waals surface area contributed by atoms with E-state index in [9.17, 15) is 0 Å². The number of hydrogen-bond acceptors (Lipinski definition) is 0. The molecule has 0 aromatic heterocycles. The minimum atomic E-state index is -2.76. The SMILES string of the molecule is CCC1=CC(CC)[C]([Zr](=[C](c2ccccc2)c2ccccc2)[CH]2c3cc(C)ccc3-c3ccc(C)cc32)=C1CC. The summed E-state index contributed by atoms with van der Waals surface area (Å²) >= 11 is -2.76. The summed E-state index contributed by atoms with van der Waals surface area (Å²) in [6.07, 6.45) is 6.09. The van der Waals surface area contributed by atoms with Crippen molar-refractivity contribution in [2.24, 2.45) is 5.92 Å². The van der Waals surface area contributed by atoms with Crippen LogP contribution in [0.15, 0.2) is 118 Å². The van der Waals surface area contributed by atoms with Crippen LogP contribution in [0, 0.1) is 19.8 Å². The second kappa shape index (κ2) is 11.5. The van der Waals surface area contributed by atoms with Crippen molar-refractivity contribution in [2.45, 2.75) is 57.5 Å². The molecule has 200 valence electrons. The molecule has 1 unspecified atom stereocenters. The zero-order valence-electron chi connectivity index (χ0n) is 24.6. The minimum absolute atomic E-state index is 0.456. The fourth-order valence-electron chi connectivity index (χ4n) is 7.19. The van der Waals surface area contributed by atoms with Gasteiger partial charge in [-0.15, -0.1) is 0 Å². The predicted octanol–water partition coefficient (Wildman–Crippen LogP) is 10.3. The van der Waals surface area contributed by atoms with Gasteiger partial charge in [0, 0.05) is 0 Å². The van der Waals surface area contributed by atoms with Crippen LogP contribution in [0.4, 0.5) is 0 Å². The molecule has 2 aliphatic rings. The number of hydrogen-bond donors (Lipinski definition) is 0. The summed E-state index contributed by atoms with van der Waals surface area (Å²) in [6, 6.07) is 37.3. The van der Waals surface area contributed by atoms with Gasteiger partial charge in [0.15, 0.2) is 0 Å². The van der Waals surface area contributed by atoms with Crippen LogP contribution < -0.4 is 0 Å². The summed E-state index contributed by atoms with van der Waals surface area (Å²) in [4.78, 5) is 0. The first-order valence-corrected chi connectivity index (χ1v) is 18.9. The van der Waals surface area contributed by atoms with Crippen LogP contribution in [0.2, 0.25) is 0 Å². The molecule has 0 radical (unpaired) electrons. The monoisotopic (exact) mass is 598 g/mol. The molecule has 0 saturated carbocycles. The van der Waals surface area contributed by atoms with Crippen molar-refractivity contribution >= 4 is 3.21 Å². The Morgan fingerprint density at radius 2 is 1.18 bits per heavy atom. The van der Waals surface area contributed by atoms with Gasteiger partial charge in [0.2, 0.25) is 0 Å². The van der Waals surface area contributed by atoms with Crippen molar-refractivity contribution in [3.8, 4) is 11.1 Å². The topological polar surface area (TPSA) is 0 Å². The Hall–Kier alpha value is -2.89. The van der Waals surface area contributed by atoms with Crippen LogP contribution in [-0.2, 0) is 21.3 Å².